The summed E-state index contributed by atoms with van der Waals surface area (Å²) in [5, 5.41) is 0. The number of benzene rings is 6. The van der Waals surface area contributed by atoms with Crippen molar-refractivity contribution in [3.05, 3.63) is 179 Å². The molecule has 4 N–H and O–H groups in total. The van der Waals surface area contributed by atoms with Crippen LogP contribution in [0.15, 0.2) is 72.8 Å². The first-order chi connectivity index (χ1) is 34.8. The zero-order chi connectivity index (χ0) is 51.8. The van der Waals surface area contributed by atoms with Crippen LogP contribution in [0.4, 0.5) is 28.4 Å². The van der Waals surface area contributed by atoms with E-state index in [2.05, 4.69) is 178 Å². The Morgan fingerprint density at radius 3 is 0.625 bits per heavy atom. The Morgan fingerprint density at radius 2 is 0.444 bits per heavy atom. The molecule has 0 spiro atoms. The number of hydrogen-bond acceptors (Lipinski definition) is 5. The second kappa shape index (κ2) is 24.4. The van der Waals surface area contributed by atoms with Gasteiger partial charge in [-0.3, -0.25) is 0 Å². The van der Waals surface area contributed by atoms with Crippen molar-refractivity contribution in [1.29, 1.82) is 0 Å². The number of nitrogen functional groups attached to an aromatic ring is 2. The average Bonchev–Trinajstić information content (AvgIpc) is 3.40. The Morgan fingerprint density at radius 1 is 0.278 bits per heavy atom. The lowest BCUT2D eigenvalue weighted by Crippen LogP contribution is -2.57. The maximum atomic E-state index is 6.65. The largest absolute Gasteiger partial charge is 0.398 e. The molecule has 0 saturated carbocycles. The lowest BCUT2D eigenvalue weighted by Gasteiger charge is -2.48. The Bertz CT molecular complexity index is 2380. The predicted molar refractivity (Wildman–Crippen MR) is 315 cm³/mol. The van der Waals surface area contributed by atoms with E-state index in [1.165, 1.54) is 123 Å². The van der Waals surface area contributed by atoms with Crippen LogP contribution >= 0.6 is 0 Å². The van der Waals surface area contributed by atoms with Gasteiger partial charge in [0.15, 0.2) is 0 Å². The van der Waals surface area contributed by atoms with Gasteiger partial charge in [-0.2, -0.15) is 0 Å². The molecule has 5 nitrogen and oxygen atoms in total. The molecule has 72 heavy (non-hydrogen) atoms. The fraction of sp³-hybridized carbons (Fsp3) is 0.463. The zero-order valence-corrected chi connectivity index (χ0v) is 47.2. The minimum absolute atomic E-state index is 0.832. The van der Waals surface area contributed by atoms with E-state index in [1.54, 1.807) is 0 Å². The van der Waals surface area contributed by atoms with E-state index in [-0.39, 0.29) is 0 Å². The van der Waals surface area contributed by atoms with Gasteiger partial charge in [-0.15, -0.1) is 0 Å². The van der Waals surface area contributed by atoms with Crippen molar-refractivity contribution in [3.8, 4) is 0 Å². The number of aryl methyl sites for hydroxylation is 12. The van der Waals surface area contributed by atoms with E-state index >= 15 is 0 Å². The van der Waals surface area contributed by atoms with Crippen LogP contribution in [0.25, 0.3) is 0 Å². The van der Waals surface area contributed by atoms with Crippen LogP contribution in [-0.4, -0.2) is 20.0 Å². The molecule has 1 aliphatic heterocycles. The molecule has 1 heterocycles. The van der Waals surface area contributed by atoms with Gasteiger partial charge in [0.1, 0.15) is 0 Å². The number of hydrogen-bond donors (Lipinski definition) is 2. The van der Waals surface area contributed by atoms with Gasteiger partial charge < -0.3 is 26.2 Å². The van der Waals surface area contributed by atoms with Crippen molar-refractivity contribution in [1.82, 2.24) is 0 Å². The Kier molecular flexibility index (Phi) is 18.3. The van der Waals surface area contributed by atoms with E-state index in [0.717, 1.165) is 128 Å². The monoisotopic (exact) mass is 966 g/mol. The van der Waals surface area contributed by atoms with E-state index in [1.807, 2.05) is 0 Å². The second-order valence-electron chi connectivity index (χ2n) is 20.8. The van der Waals surface area contributed by atoms with Gasteiger partial charge in [-0.25, -0.2) is 0 Å². The molecular formula is C67H91N5. The molecule has 0 radical (unpaired) electrons. The fourth-order valence-corrected chi connectivity index (χ4v) is 12.3. The van der Waals surface area contributed by atoms with E-state index in [4.69, 9.17) is 11.5 Å². The number of nitrogens with two attached hydrogens (primary N) is 2. The minimum Gasteiger partial charge on any atom is -0.398 e. The molecule has 6 aromatic carbocycles. The van der Waals surface area contributed by atoms with Crippen molar-refractivity contribution >= 4 is 28.4 Å². The molecular weight excluding hydrogens is 875 g/mol. The van der Waals surface area contributed by atoms with Gasteiger partial charge in [-0.1, -0.05) is 156 Å². The molecule has 7 rings (SSSR count). The molecule has 0 amide bonds. The van der Waals surface area contributed by atoms with Gasteiger partial charge in [-0.05, 0) is 209 Å². The van der Waals surface area contributed by atoms with Gasteiger partial charge in [0.25, 0.3) is 0 Å². The van der Waals surface area contributed by atoms with Gasteiger partial charge >= 0.3 is 0 Å². The summed E-state index contributed by atoms with van der Waals surface area (Å²) >= 11 is 0. The first kappa shape index (κ1) is 54.1. The maximum absolute atomic E-state index is 6.65. The highest BCUT2D eigenvalue weighted by Crippen LogP contribution is 2.40. The smallest absolute Gasteiger partial charge is 0.0938 e. The third-order valence-corrected chi connectivity index (χ3v) is 16.3. The standard InChI is InChI=1S/C67H91N5/c1-14-51-29-45(30-52(15-2)44(51)13)26-48-35-57(20-7)65(58(21-8)36-48)70-41-71(66-59(22-9)37-49(38-60(66)23-10)27-46-31-53(16-3)63(68)54(17-4)32-46)43-72(42-70)67-61(24-11)39-50(40-62(67)25-12)28-47-33-55(18-5)64(69)56(19-6)34-47/h29-40H,14-28,41-43,68-69H2,1-13H3. The lowest BCUT2D eigenvalue weighted by atomic mass is 9.91. The first-order valence-corrected chi connectivity index (χ1v) is 28.4. The van der Waals surface area contributed by atoms with E-state index in [0.29, 0.717) is 0 Å². The molecule has 1 aliphatic rings. The molecule has 0 bridgehead atoms. The van der Waals surface area contributed by atoms with Crippen LogP contribution in [0.2, 0.25) is 0 Å². The van der Waals surface area contributed by atoms with Gasteiger partial charge in [0, 0.05) is 28.4 Å². The molecule has 0 aromatic heterocycles. The number of nitrogens with zero attached hydrogens (tertiary/aromatic N) is 3. The summed E-state index contributed by atoms with van der Waals surface area (Å²) in [6.07, 6.45) is 14.6. The summed E-state index contributed by atoms with van der Waals surface area (Å²) in [5.41, 5.74) is 46.1. The minimum atomic E-state index is 0.832. The van der Waals surface area contributed by atoms with Crippen LogP contribution in [0.5, 0.6) is 0 Å². The van der Waals surface area contributed by atoms with E-state index < -0.39 is 0 Å². The van der Waals surface area contributed by atoms with Crippen molar-refractivity contribution in [2.45, 2.75) is 186 Å². The highest BCUT2D eigenvalue weighted by Gasteiger charge is 2.32. The predicted octanol–water partition coefficient (Wildman–Crippen LogP) is 15.4. The van der Waals surface area contributed by atoms with Crippen LogP contribution in [0, 0.1) is 6.92 Å². The van der Waals surface area contributed by atoms with Crippen molar-refractivity contribution in [3.63, 3.8) is 0 Å². The topological polar surface area (TPSA) is 61.8 Å². The Hall–Kier alpha value is -5.68. The van der Waals surface area contributed by atoms with Crippen molar-refractivity contribution in [2.24, 2.45) is 0 Å². The summed E-state index contributed by atoms with van der Waals surface area (Å²) < 4.78 is 0. The molecule has 0 aliphatic carbocycles. The molecule has 5 heteroatoms. The number of anilines is 5. The van der Waals surface area contributed by atoms with Crippen LogP contribution in [-0.2, 0) is 96.3 Å². The number of rotatable bonds is 21. The Labute approximate surface area is 437 Å². The van der Waals surface area contributed by atoms with Crippen LogP contribution in [0.1, 0.15) is 189 Å². The summed E-state index contributed by atoms with van der Waals surface area (Å²) in [4.78, 5) is 8.24. The first-order valence-electron chi connectivity index (χ1n) is 28.4. The zero-order valence-electron chi connectivity index (χ0n) is 47.2. The molecule has 1 fully saturated rings. The van der Waals surface area contributed by atoms with Crippen molar-refractivity contribution in [2.75, 3.05) is 46.2 Å². The summed E-state index contributed by atoms with van der Waals surface area (Å²) in [6.45, 7) is 32.5. The van der Waals surface area contributed by atoms with Crippen LogP contribution in [0.3, 0.4) is 0 Å². The summed E-state index contributed by atoms with van der Waals surface area (Å²) in [7, 11) is 0. The third kappa shape index (κ3) is 11.4. The Balaban J connectivity index is 1.36. The fourth-order valence-electron chi connectivity index (χ4n) is 12.3. The summed E-state index contributed by atoms with van der Waals surface area (Å²) in [6, 6.07) is 29.6. The highest BCUT2D eigenvalue weighted by atomic mass is 15.5. The lowest BCUT2D eigenvalue weighted by molar-refractivity contribution is 0.600. The van der Waals surface area contributed by atoms with Crippen molar-refractivity contribution < 1.29 is 0 Å². The molecule has 1 saturated heterocycles. The van der Waals surface area contributed by atoms with Crippen LogP contribution < -0.4 is 26.2 Å². The molecule has 6 aromatic rings. The SMILES string of the molecule is CCc1cc(Cc2cc(CC)c(N3CN(c4c(CC)cc(Cc5cc(CC)c(N)c(CC)c5)cc4CC)CN(c4c(CC)cc(Cc5cc(CC)c(N)c(CC)c5)cc4CC)C3)c(CC)c2)cc(CC)c1C. The molecule has 0 unspecified atom stereocenters. The highest BCUT2D eigenvalue weighted by molar-refractivity contribution is 5.71. The maximum Gasteiger partial charge on any atom is 0.0938 e. The normalized spacial score (nSPS) is 12.9. The summed E-state index contributed by atoms with van der Waals surface area (Å²) in [5.74, 6) is 0. The van der Waals surface area contributed by atoms with E-state index in [9.17, 15) is 0 Å². The van der Waals surface area contributed by atoms with Gasteiger partial charge in [0.05, 0.1) is 20.0 Å². The molecule has 384 valence electrons. The molecule has 0 atom stereocenters. The van der Waals surface area contributed by atoms with Gasteiger partial charge in [0.2, 0.25) is 0 Å². The average molecular weight is 966 g/mol. The quantitative estimate of drug-likeness (QED) is 0.0704. The third-order valence-electron chi connectivity index (χ3n) is 16.3. The second-order valence-corrected chi connectivity index (χ2v) is 20.8.